The molecule has 0 radical (unpaired) electrons. The Kier molecular flexibility index (Phi) is 6.41. The minimum Gasteiger partial charge on any atom is -0.322 e. The van der Waals surface area contributed by atoms with E-state index < -0.39 is 15.9 Å². The van der Waals surface area contributed by atoms with Gasteiger partial charge in [0.2, 0.25) is 0 Å². The van der Waals surface area contributed by atoms with Crippen LogP contribution in [0.3, 0.4) is 0 Å². The number of rotatable bonds is 5. The van der Waals surface area contributed by atoms with Gasteiger partial charge in [0.15, 0.2) is 0 Å². The van der Waals surface area contributed by atoms with E-state index in [0.717, 1.165) is 11.1 Å². The van der Waals surface area contributed by atoms with E-state index in [9.17, 15) is 13.2 Å². The highest BCUT2D eigenvalue weighted by Crippen LogP contribution is 2.25. The highest BCUT2D eigenvalue weighted by atomic mass is 35.5. The Morgan fingerprint density at radius 3 is 2.00 bits per heavy atom. The second-order valence-corrected chi connectivity index (χ2v) is 9.60. The minimum atomic E-state index is -3.89. The van der Waals surface area contributed by atoms with Crippen molar-refractivity contribution >= 4 is 50.5 Å². The maximum atomic E-state index is 13.0. The predicted octanol–water partition coefficient (Wildman–Crippen LogP) is 5.97. The smallest absolute Gasteiger partial charge is 0.262 e. The quantitative estimate of drug-likeness (QED) is 0.490. The number of hydrogen-bond donors (Lipinski definition) is 2. The van der Waals surface area contributed by atoms with Crippen molar-refractivity contribution in [3.63, 3.8) is 0 Å². The number of aryl methyl sites for hydroxylation is 3. The molecule has 0 fully saturated rings. The van der Waals surface area contributed by atoms with Crippen molar-refractivity contribution in [1.29, 1.82) is 0 Å². The summed E-state index contributed by atoms with van der Waals surface area (Å²) in [4.78, 5) is 12.7. The highest BCUT2D eigenvalue weighted by molar-refractivity contribution is 7.92. The third-order valence-electron chi connectivity index (χ3n) is 4.33. The molecule has 3 aromatic carbocycles. The molecule has 5 nitrogen and oxygen atoms in total. The number of hydrogen-bond acceptors (Lipinski definition) is 3. The van der Waals surface area contributed by atoms with Crippen LogP contribution in [0.15, 0.2) is 59.5 Å². The van der Waals surface area contributed by atoms with E-state index in [1.165, 1.54) is 6.07 Å². The van der Waals surface area contributed by atoms with Crippen LogP contribution in [0.2, 0.25) is 10.0 Å². The molecule has 156 valence electrons. The van der Waals surface area contributed by atoms with Crippen LogP contribution in [-0.2, 0) is 10.0 Å². The second kappa shape index (κ2) is 8.68. The molecule has 0 heterocycles. The number of nitrogens with one attached hydrogen (secondary N) is 2. The van der Waals surface area contributed by atoms with Gasteiger partial charge >= 0.3 is 0 Å². The molecule has 0 saturated heterocycles. The van der Waals surface area contributed by atoms with Crippen LogP contribution in [0, 0.1) is 20.8 Å². The van der Waals surface area contributed by atoms with Crippen molar-refractivity contribution in [3.05, 3.63) is 86.9 Å². The summed E-state index contributed by atoms with van der Waals surface area (Å²) in [5.41, 5.74) is 3.48. The van der Waals surface area contributed by atoms with Crippen LogP contribution in [0.1, 0.15) is 27.0 Å². The molecule has 0 saturated carbocycles. The summed E-state index contributed by atoms with van der Waals surface area (Å²) in [7, 11) is -3.89. The van der Waals surface area contributed by atoms with Crippen LogP contribution < -0.4 is 10.0 Å². The van der Waals surface area contributed by atoms with Gasteiger partial charge < -0.3 is 5.32 Å². The first-order valence-electron chi connectivity index (χ1n) is 9.03. The molecule has 0 aliphatic rings. The molecule has 1 amide bonds. The first-order chi connectivity index (χ1) is 14.0. The Hall–Kier alpha value is -2.54. The Morgan fingerprint density at radius 2 is 1.40 bits per heavy atom. The average Bonchev–Trinajstić information content (AvgIpc) is 2.59. The van der Waals surface area contributed by atoms with Crippen LogP contribution in [0.25, 0.3) is 0 Å². The molecule has 0 aliphatic heterocycles. The number of sulfonamides is 1. The number of amides is 1. The molecule has 0 aliphatic carbocycles. The van der Waals surface area contributed by atoms with Gasteiger partial charge in [0, 0.05) is 27.0 Å². The van der Waals surface area contributed by atoms with Gasteiger partial charge in [-0.1, -0.05) is 35.3 Å². The van der Waals surface area contributed by atoms with Crippen LogP contribution >= 0.6 is 23.2 Å². The standard InChI is InChI=1S/C22H20Cl2N2O3S/c1-13-6-14(2)8-20(7-13)26-30(28,29)21-9-16(5-4-15(21)3)22(27)25-19-11-17(23)10-18(24)12-19/h4-12,26H,1-3H3,(H,25,27). The summed E-state index contributed by atoms with van der Waals surface area (Å²) in [6.45, 7) is 5.46. The topological polar surface area (TPSA) is 75.3 Å². The molecule has 30 heavy (non-hydrogen) atoms. The first-order valence-corrected chi connectivity index (χ1v) is 11.3. The Balaban J connectivity index is 1.91. The number of carbonyl (C=O) groups is 1. The summed E-state index contributed by atoms with van der Waals surface area (Å²) in [5.74, 6) is -0.476. The van der Waals surface area contributed by atoms with E-state index in [0.29, 0.717) is 27.0 Å². The van der Waals surface area contributed by atoms with Gasteiger partial charge in [-0.3, -0.25) is 9.52 Å². The van der Waals surface area contributed by atoms with E-state index in [4.69, 9.17) is 23.2 Å². The van der Waals surface area contributed by atoms with Crippen molar-refractivity contribution in [2.24, 2.45) is 0 Å². The predicted molar refractivity (Wildman–Crippen MR) is 122 cm³/mol. The van der Waals surface area contributed by atoms with Gasteiger partial charge in [0.05, 0.1) is 4.90 Å². The molecule has 0 spiro atoms. The SMILES string of the molecule is Cc1cc(C)cc(NS(=O)(=O)c2cc(C(=O)Nc3cc(Cl)cc(Cl)c3)ccc2C)c1. The van der Waals surface area contributed by atoms with Gasteiger partial charge in [-0.05, 0) is 79.9 Å². The van der Waals surface area contributed by atoms with E-state index in [1.54, 1.807) is 49.4 Å². The molecular formula is C22H20Cl2N2O3S. The van der Waals surface area contributed by atoms with Crippen LogP contribution in [0.5, 0.6) is 0 Å². The normalized spacial score (nSPS) is 11.2. The van der Waals surface area contributed by atoms with Gasteiger partial charge in [-0.2, -0.15) is 0 Å². The monoisotopic (exact) mass is 462 g/mol. The second-order valence-electron chi connectivity index (χ2n) is 7.07. The third-order valence-corrected chi connectivity index (χ3v) is 6.29. The Labute approximate surface area is 186 Å². The number of anilines is 2. The van der Waals surface area contributed by atoms with E-state index in [2.05, 4.69) is 10.0 Å². The molecular weight excluding hydrogens is 443 g/mol. The van der Waals surface area contributed by atoms with Crippen molar-refractivity contribution in [2.45, 2.75) is 25.7 Å². The molecule has 2 N–H and O–H groups in total. The van der Waals surface area contributed by atoms with E-state index >= 15 is 0 Å². The summed E-state index contributed by atoms with van der Waals surface area (Å²) in [6, 6.07) is 14.6. The summed E-state index contributed by atoms with van der Waals surface area (Å²) >= 11 is 11.9. The van der Waals surface area contributed by atoms with Gasteiger partial charge in [0.1, 0.15) is 0 Å². The Bertz CT molecular complexity index is 1200. The lowest BCUT2D eigenvalue weighted by atomic mass is 10.1. The lowest BCUT2D eigenvalue weighted by Gasteiger charge is -2.13. The van der Waals surface area contributed by atoms with Crippen LogP contribution in [0.4, 0.5) is 11.4 Å². The van der Waals surface area contributed by atoms with Gasteiger partial charge in [0.25, 0.3) is 15.9 Å². The lowest BCUT2D eigenvalue weighted by molar-refractivity contribution is 0.102. The summed E-state index contributed by atoms with van der Waals surface area (Å²) in [5, 5.41) is 3.43. The van der Waals surface area contributed by atoms with Gasteiger partial charge in [-0.15, -0.1) is 0 Å². The number of benzene rings is 3. The molecule has 0 aromatic heterocycles. The zero-order chi connectivity index (χ0) is 22.1. The fraction of sp³-hybridized carbons (Fsp3) is 0.136. The zero-order valence-corrected chi connectivity index (χ0v) is 18.9. The molecule has 3 rings (SSSR count). The minimum absolute atomic E-state index is 0.0263. The molecule has 0 unspecified atom stereocenters. The van der Waals surface area contributed by atoms with E-state index in [1.807, 2.05) is 19.9 Å². The summed E-state index contributed by atoms with van der Waals surface area (Å²) in [6.07, 6.45) is 0. The summed E-state index contributed by atoms with van der Waals surface area (Å²) < 4.78 is 28.6. The van der Waals surface area contributed by atoms with Gasteiger partial charge in [-0.25, -0.2) is 8.42 Å². The zero-order valence-electron chi connectivity index (χ0n) is 16.6. The maximum Gasteiger partial charge on any atom is 0.262 e. The largest absolute Gasteiger partial charge is 0.322 e. The fourth-order valence-corrected chi connectivity index (χ4v) is 4.94. The molecule has 8 heteroatoms. The number of halogens is 2. The fourth-order valence-electron chi connectivity index (χ4n) is 3.10. The molecule has 0 atom stereocenters. The van der Waals surface area contributed by atoms with Crippen molar-refractivity contribution < 1.29 is 13.2 Å². The average molecular weight is 463 g/mol. The van der Waals surface area contributed by atoms with Crippen molar-refractivity contribution in [3.8, 4) is 0 Å². The Morgan fingerprint density at radius 1 is 0.800 bits per heavy atom. The van der Waals surface area contributed by atoms with E-state index in [-0.39, 0.29) is 10.5 Å². The van der Waals surface area contributed by atoms with Crippen molar-refractivity contribution in [1.82, 2.24) is 0 Å². The molecule has 0 bridgehead atoms. The molecule has 3 aromatic rings. The maximum absolute atomic E-state index is 13.0. The third kappa shape index (κ3) is 5.33. The van der Waals surface area contributed by atoms with Crippen molar-refractivity contribution in [2.75, 3.05) is 10.0 Å². The first kappa shape index (κ1) is 22.2. The highest BCUT2D eigenvalue weighted by Gasteiger charge is 2.20. The number of carbonyl (C=O) groups excluding carboxylic acids is 1. The van der Waals surface area contributed by atoms with Crippen LogP contribution in [-0.4, -0.2) is 14.3 Å². The lowest BCUT2D eigenvalue weighted by Crippen LogP contribution is -2.17.